The average Bonchev–Trinajstić information content (AvgIpc) is 2.43. The van der Waals surface area contributed by atoms with Gasteiger partial charge in [0, 0.05) is 10.0 Å². The Morgan fingerprint density at radius 3 is 2.45 bits per heavy atom. The molecule has 104 valence electrons. The molecule has 0 aromatic heterocycles. The van der Waals surface area contributed by atoms with E-state index in [1.165, 1.54) is 0 Å². The number of nitrogens with two attached hydrogens (primary N) is 1. The van der Waals surface area contributed by atoms with E-state index in [1.54, 1.807) is 30.3 Å². The Morgan fingerprint density at radius 2 is 1.75 bits per heavy atom. The number of rotatable bonds is 3. The quantitative estimate of drug-likeness (QED) is 0.386. The molecule has 0 heterocycles. The molecule has 0 aliphatic carbocycles. The van der Waals surface area contributed by atoms with Gasteiger partial charge in [-0.2, -0.15) is 0 Å². The maximum atomic E-state index is 8.81. The molecule has 0 spiro atoms. The van der Waals surface area contributed by atoms with Crippen molar-refractivity contribution in [1.29, 1.82) is 0 Å². The highest BCUT2D eigenvalue weighted by Gasteiger charge is 2.11. The normalized spacial score (nSPS) is 11.4. The Kier molecular flexibility index (Phi) is 4.37. The standard InChI is InChI=1S/C14H12Cl2N2O2/c1-8-2-3-10(16)7-13(8)20-12-5-4-9(15)6-11(12)14(17)18-19/h2-7,19H,1H3,(H2,17,18). The molecule has 6 heteroatoms. The van der Waals surface area contributed by atoms with E-state index >= 15 is 0 Å². The van der Waals surface area contributed by atoms with Crippen LogP contribution in [0.1, 0.15) is 11.1 Å². The minimum Gasteiger partial charge on any atom is -0.456 e. The van der Waals surface area contributed by atoms with E-state index in [2.05, 4.69) is 5.16 Å². The molecule has 0 radical (unpaired) electrons. The Morgan fingerprint density at radius 1 is 1.10 bits per heavy atom. The molecule has 0 aliphatic rings. The molecule has 3 N–H and O–H groups in total. The number of hydrogen-bond donors (Lipinski definition) is 2. The summed E-state index contributed by atoms with van der Waals surface area (Å²) in [7, 11) is 0. The van der Waals surface area contributed by atoms with Gasteiger partial charge in [0.15, 0.2) is 5.84 Å². The van der Waals surface area contributed by atoms with Crippen molar-refractivity contribution in [2.75, 3.05) is 0 Å². The molecule has 0 aliphatic heterocycles. The van der Waals surface area contributed by atoms with Crippen LogP contribution in [-0.2, 0) is 0 Å². The summed E-state index contributed by atoms with van der Waals surface area (Å²) >= 11 is 11.9. The first kappa shape index (κ1) is 14.5. The number of aryl methyl sites for hydroxylation is 1. The van der Waals surface area contributed by atoms with E-state index in [0.717, 1.165) is 5.56 Å². The Hall–Kier alpha value is -1.91. The summed E-state index contributed by atoms with van der Waals surface area (Å²) in [6.07, 6.45) is 0. The molecule has 0 atom stereocenters. The molecule has 0 saturated heterocycles. The van der Waals surface area contributed by atoms with Gasteiger partial charge >= 0.3 is 0 Å². The average molecular weight is 311 g/mol. The second-order valence-corrected chi connectivity index (χ2v) is 5.01. The van der Waals surface area contributed by atoms with E-state index < -0.39 is 0 Å². The summed E-state index contributed by atoms with van der Waals surface area (Å²) in [5.41, 5.74) is 6.93. The summed E-state index contributed by atoms with van der Waals surface area (Å²) in [6.45, 7) is 1.89. The Balaban J connectivity index is 2.46. The van der Waals surface area contributed by atoms with E-state index in [0.29, 0.717) is 27.1 Å². The van der Waals surface area contributed by atoms with Gasteiger partial charge in [-0.05, 0) is 42.8 Å². The number of ether oxygens (including phenoxy) is 1. The van der Waals surface area contributed by atoms with Crippen LogP contribution in [0.4, 0.5) is 0 Å². The van der Waals surface area contributed by atoms with Gasteiger partial charge in [-0.15, -0.1) is 0 Å². The minimum atomic E-state index is -0.0813. The lowest BCUT2D eigenvalue weighted by atomic mass is 10.1. The fraction of sp³-hybridized carbons (Fsp3) is 0.0714. The number of amidine groups is 1. The van der Waals surface area contributed by atoms with Crippen LogP contribution >= 0.6 is 23.2 Å². The van der Waals surface area contributed by atoms with Crippen LogP contribution in [-0.4, -0.2) is 11.0 Å². The molecule has 2 aromatic carbocycles. The van der Waals surface area contributed by atoms with Crippen molar-refractivity contribution < 1.29 is 9.94 Å². The van der Waals surface area contributed by atoms with Crippen molar-refractivity contribution in [1.82, 2.24) is 0 Å². The fourth-order valence-electron chi connectivity index (χ4n) is 1.65. The maximum Gasteiger partial charge on any atom is 0.173 e. The van der Waals surface area contributed by atoms with Crippen molar-refractivity contribution in [3.63, 3.8) is 0 Å². The van der Waals surface area contributed by atoms with Crippen LogP contribution < -0.4 is 10.5 Å². The molecule has 2 rings (SSSR count). The summed E-state index contributed by atoms with van der Waals surface area (Å²) in [4.78, 5) is 0. The number of halogens is 2. The number of nitrogens with zero attached hydrogens (tertiary/aromatic N) is 1. The van der Waals surface area contributed by atoms with Crippen molar-refractivity contribution in [3.05, 3.63) is 57.6 Å². The topological polar surface area (TPSA) is 67.8 Å². The van der Waals surface area contributed by atoms with E-state index in [9.17, 15) is 0 Å². The van der Waals surface area contributed by atoms with Gasteiger partial charge in [0.25, 0.3) is 0 Å². The summed E-state index contributed by atoms with van der Waals surface area (Å²) in [6, 6.07) is 10.2. The molecule has 0 fully saturated rings. The highest BCUT2D eigenvalue weighted by molar-refractivity contribution is 6.31. The molecule has 0 amide bonds. The van der Waals surface area contributed by atoms with Gasteiger partial charge in [-0.3, -0.25) is 0 Å². The molecule has 4 nitrogen and oxygen atoms in total. The monoisotopic (exact) mass is 310 g/mol. The van der Waals surface area contributed by atoms with Crippen LogP contribution in [0.2, 0.25) is 10.0 Å². The molecule has 0 bridgehead atoms. The molecule has 0 unspecified atom stereocenters. The van der Waals surface area contributed by atoms with Gasteiger partial charge in [0.2, 0.25) is 0 Å². The van der Waals surface area contributed by atoms with Crippen molar-refractivity contribution in [3.8, 4) is 11.5 Å². The summed E-state index contributed by atoms with van der Waals surface area (Å²) in [5, 5.41) is 12.8. The smallest absolute Gasteiger partial charge is 0.173 e. The van der Waals surface area contributed by atoms with Crippen molar-refractivity contribution in [2.45, 2.75) is 6.92 Å². The van der Waals surface area contributed by atoms with Gasteiger partial charge in [0.1, 0.15) is 11.5 Å². The summed E-state index contributed by atoms with van der Waals surface area (Å²) in [5.74, 6) is 0.934. The van der Waals surface area contributed by atoms with E-state index in [-0.39, 0.29) is 5.84 Å². The number of hydrogen-bond acceptors (Lipinski definition) is 3. The Bertz CT molecular complexity index is 672. The van der Waals surface area contributed by atoms with Crippen molar-refractivity contribution >= 4 is 29.0 Å². The highest BCUT2D eigenvalue weighted by atomic mass is 35.5. The first-order chi connectivity index (χ1) is 9.51. The van der Waals surface area contributed by atoms with Gasteiger partial charge in [0.05, 0.1) is 5.56 Å². The zero-order valence-corrected chi connectivity index (χ0v) is 12.1. The first-order valence-corrected chi connectivity index (χ1v) is 6.48. The number of benzene rings is 2. The van der Waals surface area contributed by atoms with Gasteiger partial charge < -0.3 is 15.7 Å². The predicted octanol–water partition coefficient (Wildman–Crippen LogP) is 4.19. The zero-order valence-electron chi connectivity index (χ0n) is 10.6. The lowest BCUT2D eigenvalue weighted by molar-refractivity contribution is 0.318. The third-order valence-electron chi connectivity index (χ3n) is 2.70. The SMILES string of the molecule is Cc1ccc(Cl)cc1Oc1ccc(Cl)cc1C(N)=NO. The maximum absolute atomic E-state index is 8.81. The van der Waals surface area contributed by atoms with Crippen LogP contribution in [0, 0.1) is 6.92 Å². The van der Waals surface area contributed by atoms with Crippen LogP contribution in [0.15, 0.2) is 41.6 Å². The number of oxime groups is 1. The lowest BCUT2D eigenvalue weighted by Gasteiger charge is -2.12. The molecule has 0 saturated carbocycles. The third kappa shape index (κ3) is 3.15. The second-order valence-electron chi connectivity index (χ2n) is 4.14. The third-order valence-corrected chi connectivity index (χ3v) is 3.17. The second kappa shape index (κ2) is 6.03. The molecular formula is C14H12Cl2N2O2. The van der Waals surface area contributed by atoms with E-state index in [4.69, 9.17) is 38.9 Å². The van der Waals surface area contributed by atoms with Gasteiger partial charge in [-0.25, -0.2) is 0 Å². The van der Waals surface area contributed by atoms with Crippen LogP contribution in [0.25, 0.3) is 0 Å². The largest absolute Gasteiger partial charge is 0.456 e. The van der Waals surface area contributed by atoms with Crippen LogP contribution in [0.3, 0.4) is 0 Å². The lowest BCUT2D eigenvalue weighted by Crippen LogP contribution is -2.14. The molecule has 20 heavy (non-hydrogen) atoms. The van der Waals surface area contributed by atoms with E-state index in [1.807, 2.05) is 13.0 Å². The van der Waals surface area contributed by atoms with Crippen molar-refractivity contribution in [2.24, 2.45) is 10.9 Å². The molecule has 2 aromatic rings. The van der Waals surface area contributed by atoms with Crippen LogP contribution in [0.5, 0.6) is 11.5 Å². The fourth-order valence-corrected chi connectivity index (χ4v) is 1.98. The zero-order chi connectivity index (χ0) is 14.7. The van der Waals surface area contributed by atoms with Gasteiger partial charge in [-0.1, -0.05) is 34.4 Å². The Labute approximate surface area is 126 Å². The predicted molar refractivity (Wildman–Crippen MR) is 80.2 cm³/mol. The first-order valence-electron chi connectivity index (χ1n) is 5.72. The minimum absolute atomic E-state index is 0.0813. The molecular weight excluding hydrogens is 299 g/mol. The summed E-state index contributed by atoms with van der Waals surface area (Å²) < 4.78 is 5.78. The highest BCUT2D eigenvalue weighted by Crippen LogP contribution is 2.31.